The summed E-state index contributed by atoms with van der Waals surface area (Å²) in [6, 6.07) is 5.92. The number of benzene rings is 1. The second kappa shape index (κ2) is 4.17. The maximum absolute atomic E-state index is 5.67. The van der Waals surface area contributed by atoms with E-state index >= 15 is 0 Å². The predicted molar refractivity (Wildman–Crippen MR) is 55.3 cm³/mol. The fourth-order valence-corrected chi connectivity index (χ4v) is 1.07. The van der Waals surface area contributed by atoms with E-state index in [1.54, 1.807) is 0 Å². The van der Waals surface area contributed by atoms with Crippen LogP contribution >= 0.6 is 11.6 Å². The summed E-state index contributed by atoms with van der Waals surface area (Å²) < 4.78 is 0. The Kier molecular flexibility index (Phi) is 3.18. The molecule has 0 aliphatic rings. The molecule has 1 rings (SSSR count). The van der Waals surface area contributed by atoms with Gasteiger partial charge in [0.15, 0.2) is 0 Å². The second-order valence-electron chi connectivity index (χ2n) is 2.67. The molecule has 0 saturated carbocycles. The summed E-state index contributed by atoms with van der Waals surface area (Å²) in [5.41, 5.74) is 8.74. The zero-order chi connectivity index (χ0) is 8.97. The van der Waals surface area contributed by atoms with Crippen molar-refractivity contribution in [3.05, 3.63) is 35.4 Å². The summed E-state index contributed by atoms with van der Waals surface area (Å²) in [6.45, 7) is 1.99. The quantitative estimate of drug-likeness (QED) is 0.551. The van der Waals surface area contributed by atoms with Crippen LogP contribution in [-0.4, -0.2) is 5.88 Å². The molecule has 0 aliphatic heterocycles. The molecule has 1 nitrogen and oxygen atoms in total. The summed E-state index contributed by atoms with van der Waals surface area (Å²) in [5.74, 6) is 0.545. The lowest BCUT2D eigenvalue weighted by molar-refractivity contribution is 1.46. The van der Waals surface area contributed by atoms with Gasteiger partial charge < -0.3 is 5.73 Å². The van der Waals surface area contributed by atoms with Crippen molar-refractivity contribution in [2.24, 2.45) is 0 Å². The minimum Gasteiger partial charge on any atom is -0.399 e. The molecule has 1 aromatic rings. The van der Waals surface area contributed by atoms with Gasteiger partial charge in [-0.25, -0.2) is 0 Å². The molecule has 2 heteroatoms. The van der Waals surface area contributed by atoms with E-state index in [0.717, 1.165) is 16.8 Å². The lowest BCUT2D eigenvalue weighted by Gasteiger charge is -1.99. The van der Waals surface area contributed by atoms with Gasteiger partial charge in [0.25, 0.3) is 0 Å². The molecule has 0 aromatic heterocycles. The van der Waals surface area contributed by atoms with E-state index in [4.69, 9.17) is 17.3 Å². The van der Waals surface area contributed by atoms with Gasteiger partial charge in [-0.1, -0.05) is 24.3 Å². The molecule has 0 radical (unpaired) electrons. The summed E-state index contributed by atoms with van der Waals surface area (Å²) in [7, 11) is 0. The highest BCUT2D eigenvalue weighted by Gasteiger charge is 1.92. The number of rotatable bonds is 2. The number of nitrogens with two attached hydrogens (primary N) is 1. The molecule has 0 spiro atoms. The first-order valence-corrected chi connectivity index (χ1v) is 4.36. The molecular weight excluding hydrogens is 170 g/mol. The van der Waals surface area contributed by atoms with Gasteiger partial charge >= 0.3 is 0 Å². The lowest BCUT2D eigenvalue weighted by Crippen LogP contribution is -1.88. The highest BCUT2D eigenvalue weighted by atomic mass is 35.5. The van der Waals surface area contributed by atoms with Gasteiger partial charge in [0.1, 0.15) is 0 Å². The van der Waals surface area contributed by atoms with Crippen molar-refractivity contribution in [3.63, 3.8) is 0 Å². The zero-order valence-electron chi connectivity index (χ0n) is 7.05. The van der Waals surface area contributed by atoms with Crippen molar-refractivity contribution in [3.8, 4) is 0 Å². The highest BCUT2D eigenvalue weighted by Crippen LogP contribution is 2.13. The molecule has 2 N–H and O–H groups in total. The van der Waals surface area contributed by atoms with E-state index in [-0.39, 0.29) is 0 Å². The normalized spacial score (nSPS) is 10.8. The van der Waals surface area contributed by atoms with Crippen LogP contribution in [0.5, 0.6) is 0 Å². The maximum atomic E-state index is 5.67. The molecule has 0 heterocycles. The molecule has 0 bridgehead atoms. The molecular formula is C10H12ClN. The van der Waals surface area contributed by atoms with Crippen molar-refractivity contribution >= 4 is 23.4 Å². The standard InChI is InChI=1S/C10H12ClN/c1-8-7-9(3-2-6-11)4-5-10(8)12/h2-5,7H,6,12H2,1H3. The van der Waals surface area contributed by atoms with Gasteiger partial charge in [0.2, 0.25) is 0 Å². The van der Waals surface area contributed by atoms with Crippen LogP contribution in [0.15, 0.2) is 24.3 Å². The number of hydrogen-bond acceptors (Lipinski definition) is 1. The SMILES string of the molecule is Cc1cc(C=CCCl)ccc1N. The van der Waals surface area contributed by atoms with Crippen LogP contribution in [0.4, 0.5) is 5.69 Å². The fourth-order valence-electron chi connectivity index (χ4n) is 0.983. The second-order valence-corrected chi connectivity index (χ2v) is 2.98. The molecule has 12 heavy (non-hydrogen) atoms. The van der Waals surface area contributed by atoms with Gasteiger partial charge in [-0.3, -0.25) is 0 Å². The summed E-state index contributed by atoms with van der Waals surface area (Å²) in [5, 5.41) is 0. The number of nitrogen functional groups attached to an aromatic ring is 1. The third-order valence-electron chi connectivity index (χ3n) is 1.69. The molecule has 0 aliphatic carbocycles. The first-order chi connectivity index (χ1) is 5.74. The van der Waals surface area contributed by atoms with Crippen LogP contribution in [0, 0.1) is 6.92 Å². The predicted octanol–water partition coefficient (Wildman–Crippen LogP) is 2.83. The van der Waals surface area contributed by atoms with Crippen molar-refractivity contribution in [2.45, 2.75) is 6.92 Å². The number of hydrogen-bond donors (Lipinski definition) is 1. The number of aryl methyl sites for hydroxylation is 1. The van der Waals surface area contributed by atoms with Crippen LogP contribution in [0.25, 0.3) is 6.08 Å². The largest absolute Gasteiger partial charge is 0.399 e. The topological polar surface area (TPSA) is 26.0 Å². The Balaban J connectivity index is 2.89. The molecule has 64 valence electrons. The van der Waals surface area contributed by atoms with Crippen molar-refractivity contribution in [1.29, 1.82) is 0 Å². The van der Waals surface area contributed by atoms with Crippen LogP contribution in [-0.2, 0) is 0 Å². The average molecular weight is 182 g/mol. The summed E-state index contributed by atoms with van der Waals surface area (Å²) >= 11 is 5.51. The number of anilines is 1. The summed E-state index contributed by atoms with van der Waals surface area (Å²) in [4.78, 5) is 0. The fraction of sp³-hybridized carbons (Fsp3) is 0.200. The average Bonchev–Trinajstić information content (AvgIpc) is 2.07. The van der Waals surface area contributed by atoms with E-state index < -0.39 is 0 Å². The van der Waals surface area contributed by atoms with Crippen LogP contribution in [0.2, 0.25) is 0 Å². The third kappa shape index (κ3) is 2.28. The van der Waals surface area contributed by atoms with Crippen molar-refractivity contribution < 1.29 is 0 Å². The van der Waals surface area contributed by atoms with Crippen molar-refractivity contribution in [2.75, 3.05) is 11.6 Å². The highest BCUT2D eigenvalue weighted by molar-refractivity contribution is 6.19. The minimum absolute atomic E-state index is 0.545. The first kappa shape index (κ1) is 9.14. The summed E-state index contributed by atoms with van der Waals surface area (Å²) in [6.07, 6.45) is 3.89. The van der Waals surface area contributed by atoms with Gasteiger partial charge in [0.05, 0.1) is 0 Å². The van der Waals surface area contributed by atoms with E-state index in [2.05, 4.69) is 0 Å². The first-order valence-electron chi connectivity index (χ1n) is 3.82. The Morgan fingerprint density at radius 2 is 2.25 bits per heavy atom. The van der Waals surface area contributed by atoms with Gasteiger partial charge in [-0.15, -0.1) is 11.6 Å². The van der Waals surface area contributed by atoms with Crippen LogP contribution < -0.4 is 5.73 Å². The van der Waals surface area contributed by atoms with E-state index in [1.165, 1.54) is 0 Å². The number of allylic oxidation sites excluding steroid dienone is 1. The van der Waals surface area contributed by atoms with E-state index in [0.29, 0.717) is 5.88 Å². The molecule has 0 amide bonds. The zero-order valence-corrected chi connectivity index (χ0v) is 7.81. The van der Waals surface area contributed by atoms with E-state index in [1.807, 2.05) is 37.3 Å². The lowest BCUT2D eigenvalue weighted by atomic mass is 10.1. The van der Waals surface area contributed by atoms with Crippen LogP contribution in [0.3, 0.4) is 0 Å². The van der Waals surface area contributed by atoms with Gasteiger partial charge in [0, 0.05) is 11.6 Å². The van der Waals surface area contributed by atoms with E-state index in [9.17, 15) is 0 Å². The Morgan fingerprint density at radius 1 is 1.50 bits per heavy atom. The minimum atomic E-state index is 0.545. The Labute approximate surface area is 77.8 Å². The Bertz CT molecular complexity index is 292. The molecule has 0 fully saturated rings. The maximum Gasteiger partial charge on any atom is 0.0407 e. The van der Waals surface area contributed by atoms with Gasteiger partial charge in [-0.2, -0.15) is 0 Å². The number of alkyl halides is 1. The number of halogens is 1. The van der Waals surface area contributed by atoms with Gasteiger partial charge in [-0.05, 0) is 24.1 Å². The van der Waals surface area contributed by atoms with Crippen LogP contribution in [0.1, 0.15) is 11.1 Å². The third-order valence-corrected chi connectivity index (χ3v) is 1.87. The molecule has 0 unspecified atom stereocenters. The molecule has 1 aromatic carbocycles. The molecule has 0 saturated heterocycles. The Morgan fingerprint density at radius 3 is 2.83 bits per heavy atom. The smallest absolute Gasteiger partial charge is 0.0407 e. The monoisotopic (exact) mass is 181 g/mol. The van der Waals surface area contributed by atoms with Crippen molar-refractivity contribution in [1.82, 2.24) is 0 Å². The molecule has 0 atom stereocenters. The Hall–Kier alpha value is -0.950.